The van der Waals surface area contributed by atoms with E-state index in [1.54, 1.807) is 0 Å². The first kappa shape index (κ1) is 21.8. The average molecular weight is 418 g/mol. The highest BCUT2D eigenvalue weighted by Crippen LogP contribution is 2.32. The highest BCUT2D eigenvalue weighted by molar-refractivity contribution is 6.09. The van der Waals surface area contributed by atoms with E-state index in [0.29, 0.717) is 0 Å². The van der Waals surface area contributed by atoms with Crippen LogP contribution >= 0.6 is 0 Å². The Balaban J connectivity index is 1.22. The first-order valence-electron chi connectivity index (χ1n) is 12.4. The van der Waals surface area contributed by atoms with Crippen molar-refractivity contribution < 1.29 is 0 Å². The monoisotopic (exact) mass is 417 g/mol. The third-order valence-corrected chi connectivity index (χ3v) is 6.82. The molecule has 1 aliphatic rings. The minimum absolute atomic E-state index is 0.966. The van der Waals surface area contributed by atoms with Gasteiger partial charge < -0.3 is 14.4 Å². The van der Waals surface area contributed by atoms with Crippen molar-refractivity contribution in [1.29, 1.82) is 0 Å². The Labute approximate surface area is 188 Å². The molecule has 31 heavy (non-hydrogen) atoms. The van der Waals surface area contributed by atoms with Crippen molar-refractivity contribution in [3.05, 3.63) is 54.9 Å². The van der Waals surface area contributed by atoms with Crippen LogP contribution in [-0.4, -0.2) is 22.7 Å². The van der Waals surface area contributed by atoms with Gasteiger partial charge in [0.15, 0.2) is 0 Å². The average Bonchev–Trinajstić information content (AvgIpc) is 3.38. The van der Waals surface area contributed by atoms with Crippen molar-refractivity contribution in [2.75, 3.05) is 18.1 Å². The number of rotatable bonds is 12. The summed E-state index contributed by atoms with van der Waals surface area (Å²) in [6.07, 6.45) is 18.5. The third kappa shape index (κ3) is 5.26. The number of anilines is 1. The maximum absolute atomic E-state index is 2.46. The molecule has 0 aliphatic carbocycles. The molecule has 0 radical (unpaired) electrons. The summed E-state index contributed by atoms with van der Waals surface area (Å²) in [5, 5.41) is 2.68. The summed E-state index contributed by atoms with van der Waals surface area (Å²) in [4.78, 5) is 4.83. The second-order valence-electron chi connectivity index (χ2n) is 9.18. The van der Waals surface area contributed by atoms with Gasteiger partial charge >= 0.3 is 0 Å². The molecular weight excluding hydrogens is 378 g/mol. The Morgan fingerprint density at radius 1 is 0.710 bits per heavy atom. The lowest BCUT2D eigenvalue weighted by Crippen LogP contribution is -2.25. The van der Waals surface area contributed by atoms with Crippen LogP contribution in [0.5, 0.6) is 0 Å². The molecule has 1 aromatic heterocycles. The Hall–Kier alpha value is -2.42. The number of aromatic nitrogens is 1. The minimum Gasteiger partial charge on any atom is -0.358 e. The van der Waals surface area contributed by atoms with E-state index in [-0.39, 0.29) is 0 Å². The zero-order chi connectivity index (χ0) is 21.5. The SMILES string of the molecule is CCCCCCCCCCCCN1C=CN(c2ccc3c(c2)c2ccccc2n3C)C1. The normalized spacial score (nSPS) is 13.9. The molecule has 1 aliphatic heterocycles. The predicted molar refractivity (Wildman–Crippen MR) is 135 cm³/mol. The Morgan fingerprint density at radius 2 is 1.39 bits per heavy atom. The molecule has 0 fully saturated rings. The number of hydrogen-bond acceptors (Lipinski definition) is 2. The second-order valence-corrected chi connectivity index (χ2v) is 9.18. The topological polar surface area (TPSA) is 11.4 Å². The van der Waals surface area contributed by atoms with Gasteiger partial charge in [-0.1, -0.05) is 82.9 Å². The fraction of sp³-hybridized carbons (Fsp3) is 0.500. The van der Waals surface area contributed by atoms with Gasteiger partial charge in [0.1, 0.15) is 0 Å². The number of benzene rings is 2. The summed E-state index contributed by atoms with van der Waals surface area (Å²) < 4.78 is 2.30. The second kappa shape index (κ2) is 10.7. The highest BCUT2D eigenvalue weighted by atomic mass is 15.3. The number of aryl methyl sites for hydroxylation is 1. The van der Waals surface area contributed by atoms with Gasteiger partial charge in [-0.05, 0) is 30.7 Å². The van der Waals surface area contributed by atoms with Crippen molar-refractivity contribution >= 4 is 27.5 Å². The lowest BCUT2D eigenvalue weighted by molar-refractivity contribution is 0.388. The van der Waals surface area contributed by atoms with Crippen LogP contribution in [0.2, 0.25) is 0 Å². The van der Waals surface area contributed by atoms with Crippen LogP contribution < -0.4 is 4.90 Å². The number of hydrogen-bond donors (Lipinski definition) is 0. The Morgan fingerprint density at radius 3 is 2.16 bits per heavy atom. The molecular formula is C28H39N3. The standard InChI is InChI=1S/C28H39N3/c1-3-4-5-6-7-8-9-10-11-14-19-30-20-21-31(23-30)24-17-18-28-26(22-24)25-15-12-13-16-27(25)29(28)2/h12-13,15-18,20-22H,3-11,14,19,23H2,1-2H3. The molecule has 3 nitrogen and oxygen atoms in total. The summed E-state index contributed by atoms with van der Waals surface area (Å²) >= 11 is 0. The number of unbranched alkanes of at least 4 members (excludes halogenated alkanes) is 9. The van der Waals surface area contributed by atoms with Gasteiger partial charge in [0.2, 0.25) is 0 Å². The zero-order valence-electron chi connectivity index (χ0n) is 19.5. The smallest absolute Gasteiger partial charge is 0.0941 e. The van der Waals surface area contributed by atoms with Crippen molar-refractivity contribution in [2.45, 2.75) is 71.1 Å². The van der Waals surface area contributed by atoms with Gasteiger partial charge in [0.05, 0.1) is 6.67 Å². The summed E-state index contributed by atoms with van der Waals surface area (Å²) in [5.41, 5.74) is 3.88. The van der Waals surface area contributed by atoms with E-state index in [1.807, 2.05) is 0 Å². The van der Waals surface area contributed by atoms with E-state index >= 15 is 0 Å². The van der Waals surface area contributed by atoms with Gasteiger partial charge in [-0.3, -0.25) is 0 Å². The van der Waals surface area contributed by atoms with Crippen LogP contribution in [0.1, 0.15) is 71.1 Å². The highest BCUT2D eigenvalue weighted by Gasteiger charge is 2.15. The van der Waals surface area contributed by atoms with Crippen molar-refractivity contribution in [2.24, 2.45) is 7.05 Å². The van der Waals surface area contributed by atoms with Gasteiger partial charge in [-0.15, -0.1) is 0 Å². The molecule has 166 valence electrons. The van der Waals surface area contributed by atoms with Gasteiger partial charge in [0.25, 0.3) is 0 Å². The Bertz CT molecular complexity index is 1000. The molecule has 3 heteroatoms. The van der Waals surface area contributed by atoms with E-state index < -0.39 is 0 Å². The van der Waals surface area contributed by atoms with Crippen molar-refractivity contribution in [1.82, 2.24) is 9.47 Å². The molecule has 2 heterocycles. The zero-order valence-corrected chi connectivity index (χ0v) is 19.5. The number of fused-ring (bicyclic) bond motifs is 3. The fourth-order valence-corrected chi connectivity index (χ4v) is 4.91. The first-order valence-corrected chi connectivity index (χ1v) is 12.4. The van der Waals surface area contributed by atoms with Crippen LogP contribution in [0.3, 0.4) is 0 Å². The summed E-state index contributed by atoms with van der Waals surface area (Å²) in [5.74, 6) is 0. The maximum Gasteiger partial charge on any atom is 0.0941 e. The van der Waals surface area contributed by atoms with Crippen LogP contribution in [0.15, 0.2) is 54.9 Å². The third-order valence-electron chi connectivity index (χ3n) is 6.82. The van der Waals surface area contributed by atoms with Crippen LogP contribution in [0.4, 0.5) is 5.69 Å². The molecule has 0 unspecified atom stereocenters. The maximum atomic E-state index is 2.46. The fourth-order valence-electron chi connectivity index (χ4n) is 4.91. The van der Waals surface area contributed by atoms with E-state index in [9.17, 15) is 0 Å². The van der Waals surface area contributed by atoms with Crippen LogP contribution in [-0.2, 0) is 7.05 Å². The van der Waals surface area contributed by atoms with E-state index in [1.165, 1.54) is 98.2 Å². The summed E-state index contributed by atoms with van der Waals surface area (Å²) in [6, 6.07) is 15.6. The lowest BCUT2D eigenvalue weighted by Gasteiger charge is -2.21. The van der Waals surface area contributed by atoms with Crippen molar-refractivity contribution in [3.8, 4) is 0 Å². The van der Waals surface area contributed by atoms with Gasteiger partial charge in [-0.2, -0.15) is 0 Å². The van der Waals surface area contributed by atoms with Gasteiger partial charge in [0, 0.05) is 53.5 Å². The molecule has 4 rings (SSSR count). The van der Waals surface area contributed by atoms with E-state index in [0.717, 1.165) is 6.67 Å². The van der Waals surface area contributed by atoms with Crippen LogP contribution in [0.25, 0.3) is 21.8 Å². The molecule has 0 saturated carbocycles. The molecule has 0 N–H and O–H groups in total. The van der Waals surface area contributed by atoms with Crippen LogP contribution in [0, 0.1) is 0 Å². The van der Waals surface area contributed by atoms with E-state index in [2.05, 4.69) is 83.2 Å². The minimum atomic E-state index is 0.966. The molecule has 0 amide bonds. The lowest BCUT2D eigenvalue weighted by atomic mass is 10.1. The molecule has 2 aromatic carbocycles. The molecule has 0 saturated heterocycles. The first-order chi connectivity index (χ1) is 15.3. The Kier molecular flexibility index (Phi) is 7.56. The number of para-hydroxylation sites is 1. The van der Waals surface area contributed by atoms with Gasteiger partial charge in [-0.25, -0.2) is 0 Å². The largest absolute Gasteiger partial charge is 0.358 e. The summed E-state index contributed by atoms with van der Waals surface area (Å²) in [7, 11) is 2.16. The molecule has 0 atom stereocenters. The quantitative estimate of drug-likeness (QED) is 0.278. The molecule has 0 spiro atoms. The predicted octanol–water partition coefficient (Wildman–Crippen LogP) is 7.80. The number of nitrogens with zero attached hydrogens (tertiary/aromatic N) is 3. The summed E-state index contributed by atoms with van der Waals surface area (Å²) in [6.45, 7) is 4.42. The van der Waals surface area contributed by atoms with Crippen molar-refractivity contribution in [3.63, 3.8) is 0 Å². The molecule has 0 bridgehead atoms. The molecule has 3 aromatic rings. The van der Waals surface area contributed by atoms with E-state index in [4.69, 9.17) is 0 Å².